The van der Waals surface area contributed by atoms with Crippen LogP contribution < -0.4 is 4.90 Å². The highest BCUT2D eigenvalue weighted by Crippen LogP contribution is 2.30. The number of carbonyl (C=O) groups excluding carboxylic acids is 4. The summed E-state index contributed by atoms with van der Waals surface area (Å²) in [6.07, 6.45) is -0.639. The molecule has 0 aromatic heterocycles. The summed E-state index contributed by atoms with van der Waals surface area (Å²) in [7, 11) is 0. The van der Waals surface area contributed by atoms with Gasteiger partial charge in [-0.05, 0) is 61.7 Å². The standard InChI is InChI=1S/C27H23NO5/c1-4-23(24(29)18-8-6-5-7-9-18)33-27(32)19-11-13-21-22(15-19)26(31)28(25(21)30)20-12-10-16(2)17(3)14-20/h5-15,23H,4H2,1-3H3. The number of aryl methyl sites for hydroxylation is 2. The first-order chi connectivity index (χ1) is 15.8. The third-order valence-corrected chi connectivity index (χ3v) is 5.84. The molecule has 4 rings (SSSR count). The second-order valence-corrected chi connectivity index (χ2v) is 8.01. The Balaban J connectivity index is 1.58. The van der Waals surface area contributed by atoms with E-state index < -0.39 is 23.9 Å². The Kier molecular flexibility index (Phi) is 5.92. The lowest BCUT2D eigenvalue weighted by Gasteiger charge is -2.15. The number of imide groups is 1. The zero-order chi connectivity index (χ0) is 23.7. The highest BCUT2D eigenvalue weighted by Gasteiger charge is 2.37. The van der Waals surface area contributed by atoms with Crippen LogP contribution in [-0.4, -0.2) is 29.7 Å². The van der Waals surface area contributed by atoms with E-state index in [1.165, 1.54) is 18.2 Å². The minimum absolute atomic E-state index is 0.108. The van der Waals surface area contributed by atoms with Crippen LogP contribution in [0, 0.1) is 13.8 Å². The summed E-state index contributed by atoms with van der Waals surface area (Å²) in [5.41, 5.74) is 3.41. The molecule has 33 heavy (non-hydrogen) atoms. The number of fused-ring (bicyclic) bond motifs is 1. The summed E-state index contributed by atoms with van der Waals surface area (Å²) in [6.45, 7) is 5.61. The molecule has 1 unspecified atom stereocenters. The van der Waals surface area contributed by atoms with E-state index in [1.54, 1.807) is 49.4 Å². The first-order valence-electron chi connectivity index (χ1n) is 10.7. The van der Waals surface area contributed by atoms with Gasteiger partial charge in [0.2, 0.25) is 5.78 Å². The number of Topliss-reactive ketones (excluding diaryl/α,β-unsaturated/α-hetero) is 1. The molecule has 1 atom stereocenters. The van der Waals surface area contributed by atoms with Crippen molar-refractivity contribution in [2.24, 2.45) is 0 Å². The molecule has 6 nitrogen and oxygen atoms in total. The van der Waals surface area contributed by atoms with Crippen molar-refractivity contribution in [2.75, 3.05) is 4.90 Å². The van der Waals surface area contributed by atoms with Crippen molar-refractivity contribution in [3.05, 3.63) is 100 Å². The summed E-state index contributed by atoms with van der Waals surface area (Å²) in [6, 6.07) is 18.2. The van der Waals surface area contributed by atoms with Crippen molar-refractivity contribution < 1.29 is 23.9 Å². The zero-order valence-corrected chi connectivity index (χ0v) is 18.6. The fraction of sp³-hybridized carbons (Fsp3) is 0.185. The van der Waals surface area contributed by atoms with Crippen molar-refractivity contribution in [1.82, 2.24) is 0 Å². The van der Waals surface area contributed by atoms with E-state index in [2.05, 4.69) is 0 Å². The normalized spacial score (nSPS) is 13.6. The molecule has 0 fully saturated rings. The minimum atomic E-state index is -0.947. The molecule has 6 heteroatoms. The fourth-order valence-corrected chi connectivity index (χ4v) is 3.77. The molecular formula is C27H23NO5. The quantitative estimate of drug-likeness (QED) is 0.308. The molecule has 3 aromatic rings. The lowest BCUT2D eigenvalue weighted by Crippen LogP contribution is -2.29. The smallest absolute Gasteiger partial charge is 0.338 e. The van der Waals surface area contributed by atoms with Crippen LogP contribution in [0.4, 0.5) is 5.69 Å². The molecule has 1 aliphatic rings. The van der Waals surface area contributed by atoms with Crippen molar-refractivity contribution in [2.45, 2.75) is 33.3 Å². The Hall–Kier alpha value is -4.06. The number of ether oxygens (including phenoxy) is 1. The lowest BCUT2D eigenvalue weighted by molar-refractivity contribution is 0.0277. The van der Waals surface area contributed by atoms with Gasteiger partial charge in [0, 0.05) is 5.56 Å². The van der Waals surface area contributed by atoms with E-state index in [0.29, 0.717) is 17.7 Å². The topological polar surface area (TPSA) is 80.8 Å². The largest absolute Gasteiger partial charge is 0.450 e. The number of esters is 1. The first kappa shape index (κ1) is 22.1. The average molecular weight is 441 g/mol. The van der Waals surface area contributed by atoms with Gasteiger partial charge in [-0.3, -0.25) is 14.4 Å². The molecule has 0 N–H and O–H groups in total. The number of anilines is 1. The summed E-state index contributed by atoms with van der Waals surface area (Å²) in [5, 5.41) is 0. The summed E-state index contributed by atoms with van der Waals surface area (Å²) >= 11 is 0. The summed E-state index contributed by atoms with van der Waals surface area (Å²) in [4.78, 5) is 52.5. The predicted molar refractivity (Wildman–Crippen MR) is 124 cm³/mol. The molecule has 166 valence electrons. The van der Waals surface area contributed by atoms with E-state index in [0.717, 1.165) is 16.0 Å². The Labute approximate surface area is 191 Å². The van der Waals surface area contributed by atoms with Crippen LogP contribution in [0.2, 0.25) is 0 Å². The van der Waals surface area contributed by atoms with Crippen molar-refractivity contribution >= 4 is 29.3 Å². The van der Waals surface area contributed by atoms with E-state index in [1.807, 2.05) is 19.9 Å². The van der Waals surface area contributed by atoms with Crippen LogP contribution in [0.1, 0.15) is 65.9 Å². The monoisotopic (exact) mass is 441 g/mol. The van der Waals surface area contributed by atoms with Crippen LogP contribution >= 0.6 is 0 Å². The van der Waals surface area contributed by atoms with Crippen molar-refractivity contribution in [3.63, 3.8) is 0 Å². The van der Waals surface area contributed by atoms with Crippen LogP contribution in [0.3, 0.4) is 0 Å². The molecule has 3 aromatic carbocycles. The number of hydrogen-bond acceptors (Lipinski definition) is 5. The number of ketones is 1. The maximum Gasteiger partial charge on any atom is 0.338 e. The highest BCUT2D eigenvalue weighted by molar-refractivity contribution is 6.34. The molecule has 1 heterocycles. The molecule has 0 saturated heterocycles. The Morgan fingerprint density at radius 1 is 0.818 bits per heavy atom. The number of carbonyl (C=O) groups is 4. The van der Waals surface area contributed by atoms with Crippen LogP contribution in [0.15, 0.2) is 66.7 Å². The predicted octanol–water partition coefficient (Wildman–Crippen LogP) is 4.92. The van der Waals surface area contributed by atoms with Gasteiger partial charge in [-0.15, -0.1) is 0 Å². The van der Waals surface area contributed by atoms with Crippen LogP contribution in [0.25, 0.3) is 0 Å². The van der Waals surface area contributed by atoms with Gasteiger partial charge in [-0.1, -0.05) is 43.3 Å². The van der Waals surface area contributed by atoms with Gasteiger partial charge in [-0.2, -0.15) is 0 Å². The van der Waals surface area contributed by atoms with E-state index in [4.69, 9.17) is 4.74 Å². The average Bonchev–Trinajstić information content (AvgIpc) is 3.08. The Bertz CT molecular complexity index is 1280. The summed E-state index contributed by atoms with van der Waals surface area (Å²) < 4.78 is 5.47. The van der Waals surface area contributed by atoms with E-state index in [9.17, 15) is 19.2 Å². The second-order valence-electron chi connectivity index (χ2n) is 8.01. The highest BCUT2D eigenvalue weighted by atomic mass is 16.5. The van der Waals surface area contributed by atoms with Gasteiger partial charge in [0.05, 0.1) is 22.4 Å². The summed E-state index contributed by atoms with van der Waals surface area (Å²) in [5.74, 6) is -1.96. The molecule has 1 aliphatic heterocycles. The third-order valence-electron chi connectivity index (χ3n) is 5.84. The molecule has 0 saturated carbocycles. The van der Waals surface area contributed by atoms with Crippen molar-refractivity contribution in [1.29, 1.82) is 0 Å². The second kappa shape index (κ2) is 8.82. The number of amides is 2. The molecule has 0 aliphatic carbocycles. The van der Waals surface area contributed by atoms with Crippen LogP contribution in [-0.2, 0) is 4.74 Å². The lowest BCUT2D eigenvalue weighted by atomic mass is 10.0. The maximum absolute atomic E-state index is 13.0. The van der Waals surface area contributed by atoms with Gasteiger partial charge in [0.25, 0.3) is 11.8 Å². The van der Waals surface area contributed by atoms with Gasteiger partial charge in [0.1, 0.15) is 0 Å². The fourth-order valence-electron chi connectivity index (χ4n) is 3.77. The molecule has 0 radical (unpaired) electrons. The first-order valence-corrected chi connectivity index (χ1v) is 10.7. The van der Waals surface area contributed by atoms with E-state index >= 15 is 0 Å². The third kappa shape index (κ3) is 4.07. The van der Waals surface area contributed by atoms with Gasteiger partial charge in [0.15, 0.2) is 6.10 Å². The maximum atomic E-state index is 13.0. The minimum Gasteiger partial charge on any atom is -0.450 e. The Morgan fingerprint density at radius 3 is 2.18 bits per heavy atom. The zero-order valence-electron chi connectivity index (χ0n) is 18.6. The van der Waals surface area contributed by atoms with Gasteiger partial charge < -0.3 is 4.74 Å². The molecular weight excluding hydrogens is 418 g/mol. The number of benzene rings is 3. The number of hydrogen-bond donors (Lipinski definition) is 0. The van der Waals surface area contributed by atoms with Crippen LogP contribution in [0.5, 0.6) is 0 Å². The SMILES string of the molecule is CCC(OC(=O)c1ccc2c(c1)C(=O)N(c1ccc(C)c(C)c1)C2=O)C(=O)c1ccccc1. The number of nitrogens with zero attached hydrogens (tertiary/aromatic N) is 1. The molecule has 0 spiro atoms. The van der Waals surface area contributed by atoms with Gasteiger partial charge in [-0.25, -0.2) is 9.69 Å². The van der Waals surface area contributed by atoms with Crippen molar-refractivity contribution in [3.8, 4) is 0 Å². The van der Waals surface area contributed by atoms with Gasteiger partial charge >= 0.3 is 5.97 Å². The molecule has 2 amide bonds. The Morgan fingerprint density at radius 2 is 1.52 bits per heavy atom. The molecule has 0 bridgehead atoms. The number of rotatable bonds is 6. The van der Waals surface area contributed by atoms with E-state index in [-0.39, 0.29) is 22.5 Å².